The van der Waals surface area contributed by atoms with Crippen LogP contribution in [0.25, 0.3) is 6.08 Å². The Kier molecular flexibility index (Phi) is 8.62. The number of halogens is 3. The molecule has 0 heterocycles. The van der Waals surface area contributed by atoms with Crippen LogP contribution in [0.4, 0.5) is 5.69 Å². The highest BCUT2D eigenvalue weighted by atomic mass is 79.9. The van der Waals surface area contributed by atoms with Crippen LogP contribution in [-0.2, 0) is 11.4 Å². The zero-order valence-corrected chi connectivity index (χ0v) is 21.8. The molecule has 0 unspecified atom stereocenters. The molecule has 5 nitrogen and oxygen atoms in total. The number of amides is 1. The number of anilines is 1. The van der Waals surface area contributed by atoms with Crippen molar-refractivity contribution in [1.29, 1.82) is 5.26 Å². The van der Waals surface area contributed by atoms with Gasteiger partial charge < -0.3 is 14.8 Å². The number of nitrogens with zero attached hydrogens (tertiary/aromatic N) is 1. The third-order valence-corrected chi connectivity index (χ3v) is 6.12. The largest absolute Gasteiger partial charge is 0.493 e. The van der Waals surface area contributed by atoms with E-state index in [1.165, 1.54) is 13.2 Å². The van der Waals surface area contributed by atoms with E-state index in [0.29, 0.717) is 37.3 Å². The number of hydrogen-bond acceptors (Lipinski definition) is 4. The van der Waals surface area contributed by atoms with E-state index in [1.807, 2.05) is 38.1 Å². The summed E-state index contributed by atoms with van der Waals surface area (Å²) in [5.74, 6) is 0.393. The maximum Gasteiger partial charge on any atom is 0.266 e. The van der Waals surface area contributed by atoms with E-state index in [9.17, 15) is 10.1 Å². The second-order valence-corrected chi connectivity index (χ2v) is 9.20. The smallest absolute Gasteiger partial charge is 0.266 e. The zero-order chi connectivity index (χ0) is 24.8. The van der Waals surface area contributed by atoms with Crippen LogP contribution in [0.2, 0.25) is 10.0 Å². The maximum absolute atomic E-state index is 12.7. The number of aryl methyl sites for hydroxylation is 2. The normalized spacial score (nSPS) is 11.0. The first-order valence-corrected chi connectivity index (χ1v) is 11.7. The first-order valence-electron chi connectivity index (χ1n) is 10.2. The van der Waals surface area contributed by atoms with E-state index < -0.39 is 5.91 Å². The van der Waals surface area contributed by atoms with Crippen molar-refractivity contribution in [3.63, 3.8) is 0 Å². The summed E-state index contributed by atoms with van der Waals surface area (Å²) in [5, 5.41) is 13.4. The van der Waals surface area contributed by atoms with Crippen LogP contribution in [0.5, 0.6) is 11.5 Å². The molecule has 174 valence electrons. The van der Waals surface area contributed by atoms with Gasteiger partial charge in [0.2, 0.25) is 0 Å². The lowest BCUT2D eigenvalue weighted by Crippen LogP contribution is -2.14. The van der Waals surface area contributed by atoms with Gasteiger partial charge in [-0.2, -0.15) is 5.26 Å². The number of benzene rings is 3. The van der Waals surface area contributed by atoms with Crippen LogP contribution >= 0.6 is 39.1 Å². The molecule has 0 spiro atoms. The summed E-state index contributed by atoms with van der Waals surface area (Å²) in [6.45, 7) is 4.07. The van der Waals surface area contributed by atoms with E-state index in [1.54, 1.807) is 30.3 Å². The Morgan fingerprint density at radius 3 is 2.56 bits per heavy atom. The highest BCUT2D eigenvalue weighted by Crippen LogP contribution is 2.38. The van der Waals surface area contributed by atoms with Crippen LogP contribution < -0.4 is 14.8 Å². The van der Waals surface area contributed by atoms with E-state index in [2.05, 4.69) is 21.2 Å². The Hall–Kier alpha value is -2.98. The molecule has 0 radical (unpaired) electrons. The van der Waals surface area contributed by atoms with Crippen LogP contribution in [-0.4, -0.2) is 13.0 Å². The molecule has 0 saturated carbocycles. The van der Waals surface area contributed by atoms with Crippen molar-refractivity contribution >= 4 is 56.8 Å². The molecule has 0 aromatic heterocycles. The van der Waals surface area contributed by atoms with Gasteiger partial charge in [-0.25, -0.2) is 0 Å². The van der Waals surface area contributed by atoms with Crippen LogP contribution in [0, 0.1) is 25.2 Å². The first-order chi connectivity index (χ1) is 16.2. The Bertz CT molecular complexity index is 1320. The Labute approximate surface area is 217 Å². The molecular weight excluding hydrogens is 539 g/mol. The molecule has 0 aliphatic carbocycles. The molecule has 0 aliphatic heterocycles. The second kappa shape index (κ2) is 11.4. The predicted molar refractivity (Wildman–Crippen MR) is 140 cm³/mol. The molecular formula is C26H21BrCl2N2O3. The highest BCUT2D eigenvalue weighted by Gasteiger charge is 2.15. The van der Waals surface area contributed by atoms with Gasteiger partial charge in [-0.1, -0.05) is 47.0 Å². The van der Waals surface area contributed by atoms with Crippen molar-refractivity contribution < 1.29 is 14.3 Å². The van der Waals surface area contributed by atoms with E-state index in [-0.39, 0.29) is 12.2 Å². The van der Waals surface area contributed by atoms with Gasteiger partial charge in [0, 0.05) is 21.3 Å². The lowest BCUT2D eigenvalue weighted by atomic mass is 10.1. The highest BCUT2D eigenvalue weighted by molar-refractivity contribution is 9.10. The minimum Gasteiger partial charge on any atom is -0.493 e. The molecule has 0 atom stereocenters. The minimum atomic E-state index is -0.498. The molecule has 3 rings (SSSR count). The fraction of sp³-hybridized carbons (Fsp3) is 0.154. The average molecular weight is 560 g/mol. The van der Waals surface area contributed by atoms with E-state index in [4.69, 9.17) is 32.7 Å². The second-order valence-electron chi connectivity index (χ2n) is 7.50. The van der Waals surface area contributed by atoms with Gasteiger partial charge in [-0.15, -0.1) is 0 Å². The predicted octanol–water partition coefficient (Wildman–Crippen LogP) is 7.51. The molecule has 3 aromatic rings. The monoisotopic (exact) mass is 558 g/mol. The van der Waals surface area contributed by atoms with Gasteiger partial charge in [0.15, 0.2) is 11.5 Å². The molecule has 3 aromatic carbocycles. The maximum atomic E-state index is 12.7. The van der Waals surface area contributed by atoms with Gasteiger partial charge in [0.05, 0.1) is 11.6 Å². The summed E-state index contributed by atoms with van der Waals surface area (Å²) in [6, 6.07) is 16.2. The first kappa shape index (κ1) is 25.6. The van der Waals surface area contributed by atoms with Crippen molar-refractivity contribution in [3.8, 4) is 17.6 Å². The van der Waals surface area contributed by atoms with Crippen molar-refractivity contribution in [2.45, 2.75) is 20.5 Å². The third kappa shape index (κ3) is 6.32. The summed E-state index contributed by atoms with van der Waals surface area (Å²) < 4.78 is 12.0. The molecule has 1 N–H and O–H groups in total. The lowest BCUT2D eigenvalue weighted by Gasteiger charge is -2.14. The molecule has 0 bridgehead atoms. The summed E-state index contributed by atoms with van der Waals surface area (Å²) in [7, 11) is 1.51. The summed E-state index contributed by atoms with van der Waals surface area (Å²) in [6.07, 6.45) is 1.49. The zero-order valence-electron chi connectivity index (χ0n) is 18.7. The Morgan fingerprint density at radius 1 is 1.15 bits per heavy atom. The third-order valence-electron chi connectivity index (χ3n) is 4.95. The van der Waals surface area contributed by atoms with Gasteiger partial charge in [0.1, 0.15) is 18.2 Å². The fourth-order valence-electron chi connectivity index (χ4n) is 3.21. The van der Waals surface area contributed by atoms with Crippen molar-refractivity contribution in [2.75, 3.05) is 12.4 Å². The average Bonchev–Trinajstić information content (AvgIpc) is 2.79. The molecule has 8 heteroatoms. The van der Waals surface area contributed by atoms with E-state index >= 15 is 0 Å². The van der Waals surface area contributed by atoms with Crippen molar-refractivity contribution in [1.82, 2.24) is 0 Å². The van der Waals surface area contributed by atoms with Crippen molar-refractivity contribution in [3.05, 3.63) is 90.9 Å². The molecule has 0 aliphatic rings. The standard InChI is InChI=1S/C26H21BrCl2N2O3/c1-15-4-7-23(16(2)8-15)31-26(32)19(13-30)9-17-10-21(27)25(24(11-17)33-3)34-14-18-5-6-20(28)12-22(18)29/h4-12H,14H2,1-3H3,(H,31,32)/b19-9-. The molecule has 1 amide bonds. The number of nitrogens with one attached hydrogen (secondary N) is 1. The number of rotatable bonds is 7. The summed E-state index contributed by atoms with van der Waals surface area (Å²) in [5.41, 5.74) is 3.96. The molecule has 0 fully saturated rings. The molecule has 0 saturated heterocycles. The number of carbonyl (C=O) groups is 1. The van der Waals surface area contributed by atoms with Gasteiger partial charge >= 0.3 is 0 Å². The minimum absolute atomic E-state index is 0.0458. The Morgan fingerprint density at radius 2 is 1.91 bits per heavy atom. The van der Waals surface area contributed by atoms with Crippen molar-refractivity contribution in [2.24, 2.45) is 0 Å². The summed E-state index contributed by atoms with van der Waals surface area (Å²) >= 11 is 15.7. The van der Waals surface area contributed by atoms with Crippen LogP contribution in [0.1, 0.15) is 22.3 Å². The van der Waals surface area contributed by atoms with Gasteiger partial charge in [-0.3, -0.25) is 4.79 Å². The quantitative estimate of drug-likeness (QED) is 0.240. The van der Waals surface area contributed by atoms with Crippen LogP contribution in [0.3, 0.4) is 0 Å². The van der Waals surface area contributed by atoms with Gasteiger partial charge in [-0.05, 0) is 77.3 Å². The number of nitriles is 1. The fourth-order valence-corrected chi connectivity index (χ4v) is 4.25. The van der Waals surface area contributed by atoms with E-state index in [0.717, 1.165) is 16.7 Å². The lowest BCUT2D eigenvalue weighted by molar-refractivity contribution is -0.112. The number of hydrogen-bond donors (Lipinski definition) is 1. The number of carbonyl (C=O) groups excluding carboxylic acids is 1. The molecule has 34 heavy (non-hydrogen) atoms. The van der Waals surface area contributed by atoms with Crippen LogP contribution in [0.15, 0.2) is 58.6 Å². The van der Waals surface area contributed by atoms with Gasteiger partial charge in [0.25, 0.3) is 5.91 Å². The summed E-state index contributed by atoms with van der Waals surface area (Å²) in [4.78, 5) is 12.7. The number of methoxy groups -OCH3 is 1. The topological polar surface area (TPSA) is 71.3 Å². The SMILES string of the molecule is COc1cc(/C=C(/C#N)C(=O)Nc2ccc(C)cc2C)cc(Br)c1OCc1ccc(Cl)cc1Cl. The Balaban J connectivity index is 1.83. The number of ether oxygens (including phenoxy) is 2.